The quantitative estimate of drug-likeness (QED) is 0.876. The smallest absolute Gasteiger partial charge is 0.264 e. The van der Waals surface area contributed by atoms with Gasteiger partial charge < -0.3 is 10.0 Å². The Morgan fingerprint density at radius 2 is 1.73 bits per heavy atom. The van der Waals surface area contributed by atoms with Crippen molar-refractivity contribution in [2.45, 2.75) is 30.3 Å². The van der Waals surface area contributed by atoms with Crippen molar-refractivity contribution < 1.29 is 13.5 Å². The third kappa shape index (κ3) is 3.24. The molecule has 0 saturated carbocycles. The Kier molecular flexibility index (Phi) is 4.73. The molecular weight excluding hydrogens is 348 g/mol. The van der Waals surface area contributed by atoms with Crippen LogP contribution in [-0.2, 0) is 16.4 Å². The van der Waals surface area contributed by atoms with Crippen LogP contribution in [0.1, 0.15) is 30.1 Å². The number of aliphatic hydroxyl groups excluding tert-OH is 1. The van der Waals surface area contributed by atoms with E-state index in [1.165, 1.54) is 17.1 Å². The first kappa shape index (κ1) is 17.5. The van der Waals surface area contributed by atoms with Crippen molar-refractivity contribution in [3.8, 4) is 0 Å². The number of anilines is 1. The van der Waals surface area contributed by atoms with Crippen LogP contribution in [0.2, 0.25) is 0 Å². The van der Waals surface area contributed by atoms with E-state index in [4.69, 9.17) is 0 Å². The van der Waals surface area contributed by atoms with E-state index >= 15 is 0 Å². The summed E-state index contributed by atoms with van der Waals surface area (Å²) in [5.41, 5.74) is 2.59. The lowest BCUT2D eigenvalue weighted by molar-refractivity contribution is 0.126. The number of β-amino-alcohol motifs (C(OH)–C–C–N with tert-alkyl or cyclic N) is 1. The van der Waals surface area contributed by atoms with Crippen LogP contribution in [0, 0.1) is 0 Å². The summed E-state index contributed by atoms with van der Waals surface area (Å²) < 4.78 is 27.3. The summed E-state index contributed by atoms with van der Waals surface area (Å²) in [6.45, 7) is 3.18. The van der Waals surface area contributed by atoms with E-state index in [0.717, 1.165) is 29.9 Å². The lowest BCUT2D eigenvalue weighted by Gasteiger charge is -2.22. The molecule has 2 aromatic carbocycles. The van der Waals surface area contributed by atoms with Gasteiger partial charge in [0, 0.05) is 13.1 Å². The molecule has 0 aliphatic carbocycles. The summed E-state index contributed by atoms with van der Waals surface area (Å²) in [6.07, 6.45) is 2.54. The monoisotopic (exact) mass is 372 g/mol. The van der Waals surface area contributed by atoms with E-state index in [9.17, 15) is 13.5 Å². The summed E-state index contributed by atoms with van der Waals surface area (Å²) in [5.74, 6) is 0. The van der Waals surface area contributed by atoms with Crippen molar-refractivity contribution in [1.82, 2.24) is 4.90 Å². The summed E-state index contributed by atoms with van der Waals surface area (Å²) in [7, 11) is -3.54. The fourth-order valence-electron chi connectivity index (χ4n) is 3.88. The first-order valence-electron chi connectivity index (χ1n) is 9.17. The second kappa shape index (κ2) is 7.02. The largest absolute Gasteiger partial charge is 0.387 e. The van der Waals surface area contributed by atoms with Gasteiger partial charge in [0.05, 0.1) is 16.7 Å². The van der Waals surface area contributed by atoms with Crippen molar-refractivity contribution in [1.29, 1.82) is 0 Å². The van der Waals surface area contributed by atoms with Gasteiger partial charge in [-0.15, -0.1) is 0 Å². The van der Waals surface area contributed by atoms with Crippen LogP contribution < -0.4 is 4.31 Å². The number of hydrogen-bond donors (Lipinski definition) is 1. The Hall–Kier alpha value is -1.89. The van der Waals surface area contributed by atoms with Gasteiger partial charge in [0.25, 0.3) is 10.0 Å². The van der Waals surface area contributed by atoms with E-state index < -0.39 is 16.1 Å². The molecule has 4 rings (SSSR count). The van der Waals surface area contributed by atoms with Crippen molar-refractivity contribution >= 4 is 15.7 Å². The summed E-state index contributed by atoms with van der Waals surface area (Å²) in [6, 6.07) is 14.2. The second-order valence-corrected chi connectivity index (χ2v) is 8.91. The number of benzene rings is 2. The molecule has 1 atom stereocenters. The van der Waals surface area contributed by atoms with Crippen molar-refractivity contribution in [2.24, 2.45) is 0 Å². The van der Waals surface area contributed by atoms with Crippen LogP contribution in [0.3, 0.4) is 0 Å². The fourth-order valence-corrected chi connectivity index (χ4v) is 5.41. The van der Waals surface area contributed by atoms with Gasteiger partial charge in [-0.3, -0.25) is 4.31 Å². The fraction of sp³-hybridized carbons (Fsp3) is 0.400. The second-order valence-electron chi connectivity index (χ2n) is 7.05. The van der Waals surface area contributed by atoms with Gasteiger partial charge in [0.1, 0.15) is 0 Å². The highest BCUT2D eigenvalue weighted by molar-refractivity contribution is 7.92. The third-order valence-electron chi connectivity index (χ3n) is 5.30. The zero-order valence-electron chi connectivity index (χ0n) is 14.7. The molecule has 1 N–H and O–H groups in total. The molecule has 0 spiro atoms. The maximum Gasteiger partial charge on any atom is 0.264 e. The third-order valence-corrected chi connectivity index (χ3v) is 7.13. The molecule has 0 amide bonds. The molecule has 1 fully saturated rings. The molecule has 2 aliphatic heterocycles. The minimum absolute atomic E-state index is 0.311. The standard InChI is InChI=1S/C20H24N2O3S/c23-20(15-21-11-4-5-12-21)17-8-9-19-16(14-17)10-13-22(19)26(24,25)18-6-2-1-3-7-18/h1-3,6-9,14,20,23H,4-5,10-13,15H2. The molecule has 1 saturated heterocycles. The lowest BCUT2D eigenvalue weighted by atomic mass is 10.0. The summed E-state index contributed by atoms with van der Waals surface area (Å²) >= 11 is 0. The molecular formula is C20H24N2O3S. The average molecular weight is 372 g/mol. The van der Waals surface area contributed by atoms with Gasteiger partial charge in [0.15, 0.2) is 0 Å². The molecule has 1 unspecified atom stereocenters. The van der Waals surface area contributed by atoms with Crippen LogP contribution in [0.5, 0.6) is 0 Å². The summed E-state index contributed by atoms with van der Waals surface area (Å²) in [4.78, 5) is 2.59. The highest BCUT2D eigenvalue weighted by Crippen LogP contribution is 2.34. The number of nitrogens with zero attached hydrogens (tertiary/aromatic N) is 2. The summed E-state index contributed by atoms with van der Waals surface area (Å²) in [5, 5.41) is 10.5. The predicted octanol–water partition coefficient (Wildman–Crippen LogP) is 2.57. The van der Waals surface area contributed by atoms with E-state index in [1.807, 2.05) is 24.3 Å². The molecule has 26 heavy (non-hydrogen) atoms. The maximum absolute atomic E-state index is 12.9. The molecule has 0 radical (unpaired) electrons. The molecule has 2 aliphatic rings. The van der Waals surface area contributed by atoms with Crippen molar-refractivity contribution in [3.05, 3.63) is 59.7 Å². The van der Waals surface area contributed by atoms with Gasteiger partial charge in [-0.1, -0.05) is 30.3 Å². The van der Waals surface area contributed by atoms with Gasteiger partial charge in [-0.25, -0.2) is 8.42 Å². The van der Waals surface area contributed by atoms with Crippen LogP contribution >= 0.6 is 0 Å². The average Bonchev–Trinajstić information content (AvgIpc) is 3.31. The molecule has 0 bridgehead atoms. The van der Waals surface area contributed by atoms with Crippen LogP contribution in [0.25, 0.3) is 0 Å². The van der Waals surface area contributed by atoms with Crippen molar-refractivity contribution in [3.63, 3.8) is 0 Å². The number of rotatable bonds is 5. The van der Waals surface area contributed by atoms with E-state index in [0.29, 0.717) is 24.4 Å². The first-order chi connectivity index (χ1) is 12.6. The number of sulfonamides is 1. The van der Waals surface area contributed by atoms with Gasteiger partial charge in [-0.05, 0) is 61.7 Å². The SMILES string of the molecule is O=S(=O)(c1ccccc1)N1CCc2cc(C(O)CN3CCCC3)ccc21. The van der Waals surface area contributed by atoms with Crippen LogP contribution in [-0.4, -0.2) is 44.6 Å². The minimum atomic E-state index is -3.54. The number of likely N-dealkylation sites (tertiary alicyclic amines) is 1. The molecule has 0 aromatic heterocycles. The predicted molar refractivity (Wildman–Crippen MR) is 102 cm³/mol. The van der Waals surface area contributed by atoms with Gasteiger partial charge in [0.2, 0.25) is 0 Å². The Bertz CT molecular complexity index is 877. The highest BCUT2D eigenvalue weighted by atomic mass is 32.2. The molecule has 2 aromatic rings. The molecule has 5 nitrogen and oxygen atoms in total. The van der Waals surface area contributed by atoms with E-state index in [-0.39, 0.29) is 0 Å². The number of hydrogen-bond acceptors (Lipinski definition) is 4. The topological polar surface area (TPSA) is 60.9 Å². The Morgan fingerprint density at radius 1 is 1.00 bits per heavy atom. The number of aliphatic hydroxyl groups is 1. The van der Waals surface area contributed by atoms with Crippen LogP contribution in [0.4, 0.5) is 5.69 Å². The Morgan fingerprint density at radius 3 is 2.46 bits per heavy atom. The molecule has 2 heterocycles. The van der Waals surface area contributed by atoms with Gasteiger partial charge >= 0.3 is 0 Å². The number of fused-ring (bicyclic) bond motifs is 1. The zero-order chi connectivity index (χ0) is 18.1. The highest BCUT2D eigenvalue weighted by Gasteiger charge is 2.31. The van der Waals surface area contributed by atoms with Gasteiger partial charge in [-0.2, -0.15) is 0 Å². The Balaban J connectivity index is 1.57. The molecule has 138 valence electrons. The van der Waals surface area contributed by atoms with E-state index in [2.05, 4.69) is 4.90 Å². The van der Waals surface area contributed by atoms with Crippen LogP contribution in [0.15, 0.2) is 53.4 Å². The molecule has 6 heteroatoms. The lowest BCUT2D eigenvalue weighted by Crippen LogP contribution is -2.29. The minimum Gasteiger partial charge on any atom is -0.387 e. The van der Waals surface area contributed by atoms with Crippen molar-refractivity contribution in [2.75, 3.05) is 30.5 Å². The Labute approximate surface area is 154 Å². The van der Waals surface area contributed by atoms with E-state index in [1.54, 1.807) is 24.3 Å². The first-order valence-corrected chi connectivity index (χ1v) is 10.6. The maximum atomic E-state index is 12.9. The zero-order valence-corrected chi connectivity index (χ0v) is 15.5. The normalized spacial score (nSPS) is 18.9.